The minimum absolute atomic E-state index is 0.915. The van der Waals surface area contributed by atoms with Crippen molar-refractivity contribution in [2.45, 2.75) is 5.33 Å². The summed E-state index contributed by atoms with van der Waals surface area (Å²) in [6.45, 7) is 0. The molecule has 0 amide bonds. The molecule has 2 rings (SSSR count). The fraction of sp³-hybridized carbons (Fsp3) is 0.125. The Hall–Kier alpha value is -0.410. The van der Waals surface area contributed by atoms with E-state index in [1.807, 2.05) is 12.3 Å². The summed E-state index contributed by atoms with van der Waals surface area (Å²) in [6, 6.07) is 4.08. The maximum Gasteiger partial charge on any atom is 0.123 e. The first-order chi connectivity index (χ1) is 5.42. The lowest BCUT2D eigenvalue weighted by atomic mass is 10.2. The SMILES string of the molecule is BrCc1csc2ncccc12. The van der Waals surface area contributed by atoms with Gasteiger partial charge in [-0.05, 0) is 17.0 Å². The second-order valence-electron chi connectivity index (χ2n) is 2.25. The number of aromatic nitrogens is 1. The van der Waals surface area contributed by atoms with E-state index in [1.165, 1.54) is 10.9 Å². The van der Waals surface area contributed by atoms with Gasteiger partial charge < -0.3 is 0 Å². The lowest BCUT2D eigenvalue weighted by Gasteiger charge is -1.89. The van der Waals surface area contributed by atoms with E-state index < -0.39 is 0 Å². The quantitative estimate of drug-likeness (QED) is 0.683. The standard InChI is InChI=1S/C8H6BrNS/c9-4-6-5-11-8-7(6)2-1-3-10-8/h1-3,5H,4H2. The summed E-state index contributed by atoms with van der Waals surface area (Å²) in [5.41, 5.74) is 1.33. The second-order valence-corrected chi connectivity index (χ2v) is 3.67. The van der Waals surface area contributed by atoms with Crippen LogP contribution in [0.5, 0.6) is 0 Å². The minimum Gasteiger partial charge on any atom is -0.245 e. The van der Waals surface area contributed by atoms with Gasteiger partial charge in [0.25, 0.3) is 0 Å². The summed E-state index contributed by atoms with van der Waals surface area (Å²) < 4.78 is 0. The van der Waals surface area contributed by atoms with E-state index in [4.69, 9.17) is 0 Å². The normalized spacial score (nSPS) is 10.6. The molecule has 1 nitrogen and oxygen atoms in total. The molecule has 11 heavy (non-hydrogen) atoms. The monoisotopic (exact) mass is 227 g/mol. The van der Waals surface area contributed by atoms with E-state index in [9.17, 15) is 0 Å². The summed E-state index contributed by atoms with van der Waals surface area (Å²) in [7, 11) is 0. The molecule has 0 bridgehead atoms. The molecule has 0 saturated carbocycles. The maximum absolute atomic E-state index is 4.25. The van der Waals surface area contributed by atoms with Crippen molar-refractivity contribution < 1.29 is 0 Å². The van der Waals surface area contributed by atoms with E-state index in [2.05, 4.69) is 32.4 Å². The molecule has 3 heteroatoms. The lowest BCUT2D eigenvalue weighted by molar-refractivity contribution is 1.43. The molecule has 2 heterocycles. The van der Waals surface area contributed by atoms with Gasteiger partial charge in [0.2, 0.25) is 0 Å². The molecular weight excluding hydrogens is 222 g/mol. The molecule has 0 atom stereocenters. The van der Waals surface area contributed by atoms with Crippen LogP contribution in [0.15, 0.2) is 23.7 Å². The van der Waals surface area contributed by atoms with Crippen LogP contribution in [0.25, 0.3) is 10.2 Å². The molecule has 0 aliphatic heterocycles. The highest BCUT2D eigenvalue weighted by atomic mass is 79.9. The molecule has 2 aromatic heterocycles. The largest absolute Gasteiger partial charge is 0.245 e. The van der Waals surface area contributed by atoms with Crippen molar-refractivity contribution >= 4 is 37.5 Å². The molecule has 0 radical (unpaired) electrons. The van der Waals surface area contributed by atoms with Crippen molar-refractivity contribution in [3.05, 3.63) is 29.3 Å². The third-order valence-corrected chi connectivity index (χ3v) is 3.13. The number of thiophene rings is 1. The Kier molecular flexibility index (Phi) is 1.92. The Bertz CT molecular complexity index is 369. The van der Waals surface area contributed by atoms with Gasteiger partial charge in [-0.25, -0.2) is 4.98 Å². The van der Waals surface area contributed by atoms with Crippen LogP contribution in [-0.2, 0) is 5.33 Å². The van der Waals surface area contributed by atoms with Crippen LogP contribution in [0.3, 0.4) is 0 Å². The van der Waals surface area contributed by atoms with Gasteiger partial charge in [0.1, 0.15) is 4.83 Å². The van der Waals surface area contributed by atoms with Crippen LogP contribution < -0.4 is 0 Å². The zero-order valence-electron chi connectivity index (χ0n) is 5.75. The van der Waals surface area contributed by atoms with E-state index >= 15 is 0 Å². The zero-order chi connectivity index (χ0) is 7.68. The molecular formula is C8H6BrNS. The third-order valence-electron chi connectivity index (χ3n) is 1.57. The molecule has 0 aliphatic carbocycles. The molecule has 0 aromatic carbocycles. The summed E-state index contributed by atoms with van der Waals surface area (Å²) in [5.74, 6) is 0. The number of hydrogen-bond donors (Lipinski definition) is 0. The van der Waals surface area contributed by atoms with Crippen LogP contribution >= 0.6 is 27.3 Å². The lowest BCUT2D eigenvalue weighted by Crippen LogP contribution is -1.73. The maximum atomic E-state index is 4.25. The first kappa shape index (κ1) is 7.25. The number of nitrogens with zero attached hydrogens (tertiary/aromatic N) is 1. The number of pyridine rings is 1. The Morgan fingerprint density at radius 3 is 3.27 bits per heavy atom. The van der Waals surface area contributed by atoms with Gasteiger partial charge >= 0.3 is 0 Å². The predicted molar refractivity (Wildman–Crippen MR) is 52.3 cm³/mol. The summed E-state index contributed by atoms with van der Waals surface area (Å²) in [5, 5.41) is 4.33. The van der Waals surface area contributed by atoms with Crippen molar-refractivity contribution in [2.75, 3.05) is 0 Å². The number of halogens is 1. The number of fused-ring (bicyclic) bond motifs is 1. The molecule has 2 aromatic rings. The number of hydrogen-bond acceptors (Lipinski definition) is 2. The van der Waals surface area contributed by atoms with Crippen molar-refractivity contribution in [1.82, 2.24) is 4.98 Å². The fourth-order valence-electron chi connectivity index (χ4n) is 1.02. The van der Waals surface area contributed by atoms with Crippen LogP contribution in [0.4, 0.5) is 0 Å². The first-order valence-electron chi connectivity index (χ1n) is 3.29. The molecule has 0 spiro atoms. The topological polar surface area (TPSA) is 12.9 Å². The second kappa shape index (κ2) is 2.91. The highest BCUT2D eigenvalue weighted by Gasteiger charge is 2.00. The summed E-state index contributed by atoms with van der Waals surface area (Å²) in [6.07, 6.45) is 1.83. The van der Waals surface area contributed by atoms with Crippen LogP contribution in [-0.4, -0.2) is 4.98 Å². The van der Waals surface area contributed by atoms with Crippen molar-refractivity contribution in [2.24, 2.45) is 0 Å². The van der Waals surface area contributed by atoms with Gasteiger partial charge in [0.15, 0.2) is 0 Å². The first-order valence-corrected chi connectivity index (χ1v) is 5.29. The Morgan fingerprint density at radius 1 is 1.55 bits per heavy atom. The Morgan fingerprint density at radius 2 is 2.45 bits per heavy atom. The summed E-state index contributed by atoms with van der Waals surface area (Å²) >= 11 is 5.13. The highest BCUT2D eigenvalue weighted by molar-refractivity contribution is 9.08. The Balaban J connectivity index is 2.76. The Labute approximate surface area is 77.2 Å². The van der Waals surface area contributed by atoms with E-state index in [0.29, 0.717) is 0 Å². The smallest absolute Gasteiger partial charge is 0.123 e. The van der Waals surface area contributed by atoms with Crippen LogP contribution in [0, 0.1) is 0 Å². The molecule has 0 N–H and O–H groups in total. The zero-order valence-corrected chi connectivity index (χ0v) is 8.15. The van der Waals surface area contributed by atoms with Gasteiger partial charge in [-0.2, -0.15) is 0 Å². The minimum atomic E-state index is 0.915. The molecule has 0 aliphatic rings. The van der Waals surface area contributed by atoms with Crippen molar-refractivity contribution in [1.29, 1.82) is 0 Å². The summed E-state index contributed by atoms with van der Waals surface area (Å²) in [4.78, 5) is 5.37. The van der Waals surface area contributed by atoms with E-state index in [0.717, 1.165) is 10.2 Å². The molecule has 0 unspecified atom stereocenters. The number of alkyl halides is 1. The van der Waals surface area contributed by atoms with Crippen LogP contribution in [0.2, 0.25) is 0 Å². The van der Waals surface area contributed by atoms with Crippen molar-refractivity contribution in [3.63, 3.8) is 0 Å². The van der Waals surface area contributed by atoms with E-state index in [-0.39, 0.29) is 0 Å². The van der Waals surface area contributed by atoms with Gasteiger partial charge in [-0.15, -0.1) is 11.3 Å². The molecule has 56 valence electrons. The highest BCUT2D eigenvalue weighted by Crippen LogP contribution is 2.24. The third kappa shape index (κ3) is 1.19. The van der Waals surface area contributed by atoms with Gasteiger partial charge in [-0.3, -0.25) is 0 Å². The van der Waals surface area contributed by atoms with Gasteiger partial charge in [0.05, 0.1) is 0 Å². The molecule has 0 fully saturated rings. The predicted octanol–water partition coefficient (Wildman–Crippen LogP) is 3.19. The van der Waals surface area contributed by atoms with Gasteiger partial charge in [-0.1, -0.05) is 22.0 Å². The average Bonchev–Trinajstić information content (AvgIpc) is 2.47. The molecule has 0 saturated heterocycles. The van der Waals surface area contributed by atoms with Crippen molar-refractivity contribution in [3.8, 4) is 0 Å². The van der Waals surface area contributed by atoms with Gasteiger partial charge in [0, 0.05) is 16.9 Å². The average molecular weight is 228 g/mol. The number of rotatable bonds is 1. The van der Waals surface area contributed by atoms with E-state index in [1.54, 1.807) is 11.3 Å². The fourth-order valence-corrected chi connectivity index (χ4v) is 2.61. The van der Waals surface area contributed by atoms with Crippen LogP contribution in [0.1, 0.15) is 5.56 Å².